The van der Waals surface area contributed by atoms with Crippen LogP contribution in [-0.4, -0.2) is 83.7 Å². The molecule has 1 saturated carbocycles. The number of piperazine rings is 1. The summed E-state index contributed by atoms with van der Waals surface area (Å²) in [5.74, 6) is 1.19. The summed E-state index contributed by atoms with van der Waals surface area (Å²) >= 11 is 0. The number of hydrogen-bond donors (Lipinski definition) is 0. The SMILES string of the molecule is O=C(CN1CCN(c2cnccn2)CC1)N1CCO[C@H]2CCCC[C@@H]21. The molecule has 0 bridgehead atoms. The fraction of sp³-hybridized carbons (Fsp3) is 0.722. The minimum Gasteiger partial charge on any atom is -0.374 e. The smallest absolute Gasteiger partial charge is 0.237 e. The van der Waals surface area contributed by atoms with E-state index in [1.807, 2.05) is 0 Å². The first-order valence-electron chi connectivity index (χ1n) is 9.45. The summed E-state index contributed by atoms with van der Waals surface area (Å²) in [4.78, 5) is 28.0. The number of fused-ring (bicyclic) bond motifs is 1. The summed E-state index contributed by atoms with van der Waals surface area (Å²) in [6, 6.07) is 0.302. The van der Waals surface area contributed by atoms with Gasteiger partial charge in [0.25, 0.3) is 0 Å². The largest absolute Gasteiger partial charge is 0.374 e. The monoisotopic (exact) mass is 345 g/mol. The van der Waals surface area contributed by atoms with Crippen molar-refractivity contribution in [2.45, 2.75) is 37.8 Å². The average molecular weight is 345 g/mol. The lowest BCUT2D eigenvalue weighted by atomic mass is 9.90. The predicted octanol–water partition coefficient (Wildman–Crippen LogP) is 0.769. The molecule has 1 amide bonds. The minimum atomic E-state index is 0.264. The van der Waals surface area contributed by atoms with Gasteiger partial charge in [0, 0.05) is 45.1 Å². The number of hydrogen-bond acceptors (Lipinski definition) is 6. The Labute approximate surface area is 149 Å². The van der Waals surface area contributed by atoms with E-state index in [0.29, 0.717) is 19.2 Å². The zero-order valence-electron chi connectivity index (χ0n) is 14.7. The van der Waals surface area contributed by atoms with Crippen molar-refractivity contribution in [1.82, 2.24) is 19.8 Å². The number of carbonyl (C=O) groups excluding carboxylic acids is 1. The van der Waals surface area contributed by atoms with Gasteiger partial charge in [-0.15, -0.1) is 0 Å². The maximum absolute atomic E-state index is 12.9. The van der Waals surface area contributed by atoms with Crippen LogP contribution in [0.15, 0.2) is 18.6 Å². The Morgan fingerprint density at radius 2 is 1.96 bits per heavy atom. The lowest BCUT2D eigenvalue weighted by Gasteiger charge is -2.44. The molecular weight excluding hydrogens is 318 g/mol. The highest BCUT2D eigenvalue weighted by Crippen LogP contribution is 2.28. The molecule has 0 radical (unpaired) electrons. The molecular formula is C18H27N5O2. The summed E-state index contributed by atoms with van der Waals surface area (Å²) in [6.45, 7) is 5.52. The van der Waals surface area contributed by atoms with Crippen molar-refractivity contribution in [3.05, 3.63) is 18.6 Å². The van der Waals surface area contributed by atoms with Crippen molar-refractivity contribution in [1.29, 1.82) is 0 Å². The predicted molar refractivity (Wildman–Crippen MR) is 94.4 cm³/mol. The molecule has 136 valence electrons. The van der Waals surface area contributed by atoms with Crippen molar-refractivity contribution in [2.24, 2.45) is 0 Å². The summed E-state index contributed by atoms with van der Waals surface area (Å²) < 4.78 is 5.89. The van der Waals surface area contributed by atoms with E-state index in [9.17, 15) is 4.79 Å². The first-order chi connectivity index (χ1) is 12.3. The Balaban J connectivity index is 1.30. The highest BCUT2D eigenvalue weighted by molar-refractivity contribution is 5.79. The van der Waals surface area contributed by atoms with Crippen LogP contribution in [0.1, 0.15) is 25.7 Å². The van der Waals surface area contributed by atoms with Crippen LogP contribution in [0, 0.1) is 0 Å². The zero-order valence-corrected chi connectivity index (χ0v) is 14.7. The molecule has 1 aromatic rings. The van der Waals surface area contributed by atoms with Gasteiger partial charge in [-0.3, -0.25) is 14.7 Å². The minimum absolute atomic E-state index is 0.264. The molecule has 0 N–H and O–H groups in total. The molecule has 2 atom stereocenters. The van der Waals surface area contributed by atoms with Crippen LogP contribution in [0.3, 0.4) is 0 Å². The normalized spacial score (nSPS) is 27.8. The van der Waals surface area contributed by atoms with Gasteiger partial charge in [0.2, 0.25) is 5.91 Å². The first kappa shape index (κ1) is 16.7. The molecule has 0 aromatic carbocycles. The molecule has 1 aromatic heterocycles. The number of nitrogens with zero attached hydrogens (tertiary/aromatic N) is 5. The molecule has 3 fully saturated rings. The van der Waals surface area contributed by atoms with Crippen LogP contribution in [-0.2, 0) is 9.53 Å². The molecule has 7 heteroatoms. The Bertz CT molecular complexity index is 574. The first-order valence-corrected chi connectivity index (χ1v) is 9.45. The lowest BCUT2D eigenvalue weighted by Crippen LogP contribution is -2.58. The Kier molecular flexibility index (Phi) is 5.12. The number of amides is 1. The second kappa shape index (κ2) is 7.66. The second-order valence-electron chi connectivity index (χ2n) is 7.17. The third-order valence-corrected chi connectivity index (χ3v) is 5.66. The van der Waals surface area contributed by atoms with E-state index in [1.54, 1.807) is 18.6 Å². The van der Waals surface area contributed by atoms with Crippen LogP contribution in [0.25, 0.3) is 0 Å². The Morgan fingerprint density at radius 3 is 2.76 bits per heavy atom. The quantitative estimate of drug-likeness (QED) is 0.806. The molecule has 0 spiro atoms. The molecule has 0 unspecified atom stereocenters. The zero-order chi connectivity index (χ0) is 17.1. The van der Waals surface area contributed by atoms with Gasteiger partial charge in [0.1, 0.15) is 5.82 Å². The van der Waals surface area contributed by atoms with Crippen molar-refractivity contribution >= 4 is 11.7 Å². The third-order valence-electron chi connectivity index (χ3n) is 5.66. The van der Waals surface area contributed by atoms with E-state index in [4.69, 9.17) is 4.74 Å². The molecule has 4 rings (SSSR count). The van der Waals surface area contributed by atoms with Gasteiger partial charge < -0.3 is 14.5 Å². The van der Waals surface area contributed by atoms with Gasteiger partial charge >= 0.3 is 0 Å². The van der Waals surface area contributed by atoms with E-state index in [2.05, 4.69) is 24.7 Å². The fourth-order valence-electron chi connectivity index (χ4n) is 4.28. The van der Waals surface area contributed by atoms with E-state index in [0.717, 1.165) is 51.4 Å². The lowest BCUT2D eigenvalue weighted by molar-refractivity contribution is -0.150. The van der Waals surface area contributed by atoms with E-state index < -0.39 is 0 Å². The van der Waals surface area contributed by atoms with Crippen LogP contribution < -0.4 is 4.90 Å². The molecule has 3 heterocycles. The van der Waals surface area contributed by atoms with Crippen LogP contribution >= 0.6 is 0 Å². The van der Waals surface area contributed by atoms with Crippen LogP contribution in [0.4, 0.5) is 5.82 Å². The standard InChI is InChI=1S/C18H27N5O2/c24-18(23-11-12-25-16-4-2-1-3-15(16)23)14-21-7-9-22(10-8-21)17-13-19-5-6-20-17/h5-6,13,15-16H,1-4,7-12,14H2/t15-,16-/m0/s1. The van der Waals surface area contributed by atoms with Crippen LogP contribution in [0.5, 0.6) is 0 Å². The number of aromatic nitrogens is 2. The molecule has 1 aliphatic carbocycles. The van der Waals surface area contributed by atoms with E-state index >= 15 is 0 Å². The molecule has 2 aliphatic heterocycles. The summed E-state index contributed by atoms with van der Waals surface area (Å²) in [7, 11) is 0. The van der Waals surface area contributed by atoms with E-state index in [1.165, 1.54) is 12.8 Å². The average Bonchev–Trinajstić information content (AvgIpc) is 2.69. The summed E-state index contributed by atoms with van der Waals surface area (Å²) in [5, 5.41) is 0. The van der Waals surface area contributed by atoms with Crippen LogP contribution in [0.2, 0.25) is 0 Å². The number of morpholine rings is 1. The second-order valence-corrected chi connectivity index (χ2v) is 7.17. The Hall–Kier alpha value is -1.73. The van der Waals surface area contributed by atoms with Gasteiger partial charge in [-0.1, -0.05) is 12.8 Å². The fourth-order valence-corrected chi connectivity index (χ4v) is 4.28. The van der Waals surface area contributed by atoms with Gasteiger partial charge in [-0.2, -0.15) is 0 Å². The number of carbonyl (C=O) groups is 1. The van der Waals surface area contributed by atoms with Crippen molar-refractivity contribution < 1.29 is 9.53 Å². The highest BCUT2D eigenvalue weighted by Gasteiger charge is 2.37. The highest BCUT2D eigenvalue weighted by atomic mass is 16.5. The maximum atomic E-state index is 12.9. The number of rotatable bonds is 3. The Morgan fingerprint density at radius 1 is 1.12 bits per heavy atom. The van der Waals surface area contributed by atoms with Crippen molar-refractivity contribution in [3.63, 3.8) is 0 Å². The van der Waals surface area contributed by atoms with Gasteiger partial charge in [-0.05, 0) is 12.8 Å². The molecule has 2 saturated heterocycles. The summed E-state index contributed by atoms with van der Waals surface area (Å²) in [5.41, 5.74) is 0. The molecule has 7 nitrogen and oxygen atoms in total. The van der Waals surface area contributed by atoms with Crippen molar-refractivity contribution in [3.8, 4) is 0 Å². The van der Waals surface area contributed by atoms with Gasteiger partial charge in [-0.25, -0.2) is 4.98 Å². The topological polar surface area (TPSA) is 61.8 Å². The molecule has 25 heavy (non-hydrogen) atoms. The maximum Gasteiger partial charge on any atom is 0.237 e. The number of ether oxygens (including phenoxy) is 1. The number of anilines is 1. The van der Waals surface area contributed by atoms with Gasteiger partial charge in [0.05, 0.1) is 31.5 Å². The van der Waals surface area contributed by atoms with Crippen molar-refractivity contribution in [2.75, 3.05) is 50.8 Å². The molecule has 3 aliphatic rings. The van der Waals surface area contributed by atoms with E-state index in [-0.39, 0.29) is 12.0 Å². The van der Waals surface area contributed by atoms with Gasteiger partial charge in [0.15, 0.2) is 0 Å². The summed E-state index contributed by atoms with van der Waals surface area (Å²) in [6.07, 6.45) is 10.1. The third kappa shape index (κ3) is 3.77.